The molecule has 1 atom stereocenters. The van der Waals surface area contributed by atoms with Gasteiger partial charge in [-0.3, -0.25) is 9.78 Å². The van der Waals surface area contributed by atoms with Gasteiger partial charge in [-0.1, -0.05) is 42.8 Å². The number of rotatable bonds is 3. The van der Waals surface area contributed by atoms with Crippen LogP contribution in [0.5, 0.6) is 0 Å². The molecule has 15 heavy (non-hydrogen) atoms. The van der Waals surface area contributed by atoms with Gasteiger partial charge in [0.2, 0.25) is 0 Å². The fraction of sp³-hybridized carbons (Fsp3) is 0.500. The monoisotopic (exact) mass is 269 g/mol. The largest absolute Gasteiger partial charge is 0.298 e. The van der Waals surface area contributed by atoms with Gasteiger partial charge >= 0.3 is 0 Å². The molecule has 0 amide bonds. The molecule has 0 aromatic carbocycles. The average Bonchev–Trinajstić information content (AvgIpc) is 2.16. The molecule has 2 nitrogen and oxygen atoms in total. The lowest BCUT2D eigenvalue weighted by Gasteiger charge is -2.20. The smallest absolute Gasteiger partial charge is 0.152 e. The number of aromatic nitrogens is 1. The Kier molecular flexibility index (Phi) is 4.03. The van der Waals surface area contributed by atoms with Crippen LogP contribution < -0.4 is 0 Å². The number of hydrogen-bond acceptors (Lipinski definition) is 2. The molecule has 0 fully saturated rings. The maximum absolute atomic E-state index is 11.9. The minimum atomic E-state index is -0.303. The van der Waals surface area contributed by atoms with Crippen molar-refractivity contribution < 1.29 is 4.79 Å². The second-order valence-electron chi connectivity index (χ2n) is 4.61. The molecular weight excluding hydrogens is 254 g/mol. The van der Waals surface area contributed by atoms with Crippen LogP contribution in [0, 0.1) is 5.41 Å². The van der Waals surface area contributed by atoms with E-state index in [0.717, 1.165) is 5.69 Å². The van der Waals surface area contributed by atoms with E-state index in [1.54, 1.807) is 6.20 Å². The third-order valence-electron chi connectivity index (χ3n) is 2.14. The van der Waals surface area contributed by atoms with E-state index in [0.29, 0.717) is 6.42 Å². The summed E-state index contributed by atoms with van der Waals surface area (Å²) in [4.78, 5) is 15.9. The Balaban J connectivity index is 2.65. The second-order valence-corrected chi connectivity index (χ2v) is 5.71. The number of carbonyl (C=O) groups is 1. The quantitative estimate of drug-likeness (QED) is 0.790. The van der Waals surface area contributed by atoms with E-state index >= 15 is 0 Å². The van der Waals surface area contributed by atoms with Crippen molar-refractivity contribution in [1.82, 2.24) is 4.98 Å². The lowest BCUT2D eigenvalue weighted by Crippen LogP contribution is -2.30. The zero-order chi connectivity index (χ0) is 11.5. The van der Waals surface area contributed by atoms with Gasteiger partial charge in [0.15, 0.2) is 5.78 Å². The van der Waals surface area contributed by atoms with Crippen molar-refractivity contribution in [2.24, 2.45) is 5.41 Å². The second kappa shape index (κ2) is 4.88. The van der Waals surface area contributed by atoms with E-state index < -0.39 is 0 Å². The van der Waals surface area contributed by atoms with Crippen LogP contribution in [-0.2, 0) is 11.2 Å². The van der Waals surface area contributed by atoms with Crippen molar-refractivity contribution in [2.75, 3.05) is 0 Å². The molecule has 1 aromatic heterocycles. The normalized spacial score (nSPS) is 13.6. The van der Waals surface area contributed by atoms with Gasteiger partial charge in [0.1, 0.15) is 0 Å². The predicted octanol–water partition coefficient (Wildman–Crippen LogP) is 3.00. The molecule has 3 heteroatoms. The van der Waals surface area contributed by atoms with Gasteiger partial charge in [-0.25, -0.2) is 0 Å². The van der Waals surface area contributed by atoms with Gasteiger partial charge < -0.3 is 0 Å². The standard InChI is InChI=1S/C12H16BrNO/c1-12(2,3)11(15)10(13)8-9-6-4-5-7-14-9/h4-7,10H,8H2,1-3H3. The van der Waals surface area contributed by atoms with E-state index in [-0.39, 0.29) is 16.0 Å². The van der Waals surface area contributed by atoms with Crippen LogP contribution in [0.1, 0.15) is 26.5 Å². The minimum Gasteiger partial charge on any atom is -0.298 e. The highest BCUT2D eigenvalue weighted by Crippen LogP contribution is 2.22. The van der Waals surface area contributed by atoms with Gasteiger partial charge in [-0.2, -0.15) is 0 Å². The molecule has 1 heterocycles. The number of pyridine rings is 1. The first-order chi connectivity index (χ1) is 6.91. The summed E-state index contributed by atoms with van der Waals surface area (Å²) >= 11 is 3.43. The fourth-order valence-electron chi connectivity index (χ4n) is 1.27. The summed E-state index contributed by atoms with van der Waals surface area (Å²) in [5.41, 5.74) is 0.639. The van der Waals surface area contributed by atoms with Gasteiger partial charge in [0.05, 0.1) is 4.83 Å². The highest BCUT2D eigenvalue weighted by atomic mass is 79.9. The first kappa shape index (κ1) is 12.4. The SMILES string of the molecule is CC(C)(C)C(=O)C(Br)Cc1ccccn1. The van der Waals surface area contributed by atoms with Crippen molar-refractivity contribution in [3.8, 4) is 0 Å². The molecule has 0 saturated carbocycles. The number of alkyl halides is 1. The Morgan fingerprint density at radius 1 is 1.47 bits per heavy atom. The Labute approximate surface area is 99.2 Å². The summed E-state index contributed by atoms with van der Waals surface area (Å²) in [7, 11) is 0. The number of carbonyl (C=O) groups excluding carboxylic acids is 1. The molecule has 0 spiro atoms. The van der Waals surface area contributed by atoms with Crippen molar-refractivity contribution in [1.29, 1.82) is 0 Å². The van der Waals surface area contributed by atoms with Gasteiger partial charge in [-0.15, -0.1) is 0 Å². The summed E-state index contributed by atoms with van der Waals surface area (Å²) in [6.07, 6.45) is 2.40. The maximum Gasteiger partial charge on any atom is 0.152 e. The summed E-state index contributed by atoms with van der Waals surface area (Å²) in [6, 6.07) is 5.74. The van der Waals surface area contributed by atoms with E-state index in [1.807, 2.05) is 39.0 Å². The number of Topliss-reactive ketones (excluding diaryl/α,β-unsaturated/α-hetero) is 1. The van der Waals surface area contributed by atoms with Crippen LogP contribution >= 0.6 is 15.9 Å². The summed E-state index contributed by atoms with van der Waals surface area (Å²) in [6.45, 7) is 5.80. The summed E-state index contributed by atoms with van der Waals surface area (Å²) < 4.78 is 0. The zero-order valence-electron chi connectivity index (χ0n) is 9.33. The van der Waals surface area contributed by atoms with Crippen molar-refractivity contribution >= 4 is 21.7 Å². The Morgan fingerprint density at radius 2 is 2.13 bits per heavy atom. The number of ketones is 1. The van der Waals surface area contributed by atoms with Crippen LogP contribution in [0.2, 0.25) is 0 Å². The van der Waals surface area contributed by atoms with Crippen molar-refractivity contribution in [2.45, 2.75) is 32.0 Å². The third-order valence-corrected chi connectivity index (χ3v) is 2.88. The molecule has 1 aromatic rings. The van der Waals surface area contributed by atoms with Crippen LogP contribution in [0.15, 0.2) is 24.4 Å². The molecule has 0 saturated heterocycles. The molecule has 1 rings (SSSR count). The molecule has 0 bridgehead atoms. The Morgan fingerprint density at radius 3 is 2.60 bits per heavy atom. The third kappa shape index (κ3) is 3.74. The summed E-state index contributed by atoms with van der Waals surface area (Å²) in [5.74, 6) is 0.216. The van der Waals surface area contributed by atoms with Crippen LogP contribution in [0.3, 0.4) is 0 Å². The van der Waals surface area contributed by atoms with Gasteiger partial charge in [0.25, 0.3) is 0 Å². The van der Waals surface area contributed by atoms with Crippen molar-refractivity contribution in [3.05, 3.63) is 30.1 Å². The molecule has 0 radical (unpaired) electrons. The van der Waals surface area contributed by atoms with E-state index in [9.17, 15) is 4.79 Å². The molecule has 0 N–H and O–H groups in total. The minimum absolute atomic E-state index is 0.146. The fourth-order valence-corrected chi connectivity index (χ4v) is 2.28. The molecule has 0 aliphatic rings. The van der Waals surface area contributed by atoms with Crippen LogP contribution in [0.25, 0.3) is 0 Å². The zero-order valence-corrected chi connectivity index (χ0v) is 10.9. The van der Waals surface area contributed by atoms with Crippen molar-refractivity contribution in [3.63, 3.8) is 0 Å². The molecular formula is C12H16BrNO. The molecule has 0 aliphatic heterocycles. The lowest BCUT2D eigenvalue weighted by atomic mass is 9.88. The highest BCUT2D eigenvalue weighted by molar-refractivity contribution is 9.10. The molecule has 1 unspecified atom stereocenters. The van der Waals surface area contributed by atoms with E-state index in [4.69, 9.17) is 0 Å². The van der Waals surface area contributed by atoms with Crippen LogP contribution in [-0.4, -0.2) is 15.6 Å². The first-order valence-corrected chi connectivity index (χ1v) is 5.91. The van der Waals surface area contributed by atoms with E-state index in [1.165, 1.54) is 0 Å². The lowest BCUT2D eigenvalue weighted by molar-refractivity contribution is -0.125. The maximum atomic E-state index is 11.9. The molecule has 0 aliphatic carbocycles. The summed E-state index contributed by atoms with van der Waals surface area (Å²) in [5, 5.41) is 0. The molecule has 82 valence electrons. The predicted molar refractivity (Wildman–Crippen MR) is 65.1 cm³/mol. The topological polar surface area (TPSA) is 30.0 Å². The van der Waals surface area contributed by atoms with E-state index in [2.05, 4.69) is 20.9 Å². The highest BCUT2D eigenvalue weighted by Gasteiger charge is 2.27. The van der Waals surface area contributed by atoms with Gasteiger partial charge in [-0.05, 0) is 12.1 Å². The number of hydrogen-bond donors (Lipinski definition) is 0. The average molecular weight is 270 g/mol. The first-order valence-electron chi connectivity index (χ1n) is 4.99. The Hall–Kier alpha value is -0.700. The number of halogens is 1. The number of nitrogens with zero attached hydrogens (tertiary/aromatic N) is 1. The van der Waals surface area contributed by atoms with Gasteiger partial charge in [0, 0.05) is 23.7 Å². The van der Waals surface area contributed by atoms with Crippen LogP contribution in [0.4, 0.5) is 0 Å². The Bertz CT molecular complexity index is 329.